The van der Waals surface area contributed by atoms with Crippen molar-refractivity contribution in [2.24, 2.45) is 5.73 Å². The van der Waals surface area contributed by atoms with Gasteiger partial charge in [0.1, 0.15) is 17.4 Å². The van der Waals surface area contributed by atoms with Crippen LogP contribution in [0.3, 0.4) is 0 Å². The zero-order chi connectivity index (χ0) is 19.7. The highest BCUT2D eigenvalue weighted by atomic mass is 35.5. The normalized spacial score (nSPS) is 20.6. The van der Waals surface area contributed by atoms with Crippen LogP contribution in [0.2, 0.25) is 10.0 Å². The molecule has 2 aliphatic rings. The number of allylic oxidation sites excluding steroid dienone is 2. The fraction of sp³-hybridized carbons (Fsp3) is 0.136. The number of hydrogen-bond acceptors (Lipinski definition) is 4. The molecule has 0 spiro atoms. The van der Waals surface area contributed by atoms with Crippen LogP contribution in [0, 0.1) is 11.3 Å². The third-order valence-electron chi connectivity index (χ3n) is 4.75. The zero-order valence-corrected chi connectivity index (χ0v) is 17.1. The molecule has 2 aliphatic heterocycles. The van der Waals surface area contributed by atoms with Crippen LogP contribution in [-0.4, -0.2) is 11.5 Å². The first kappa shape index (κ1) is 19.0. The lowest BCUT2D eigenvalue weighted by Crippen LogP contribution is -2.25. The summed E-state index contributed by atoms with van der Waals surface area (Å²) in [5, 5.41) is 11.1. The Bertz CT molecular complexity index is 1050. The third-order valence-corrected chi connectivity index (χ3v) is 6.28. The molecule has 2 aromatic rings. The molecule has 0 amide bonds. The molecule has 2 heterocycles. The minimum absolute atomic E-state index is 0.162. The first-order valence-electron chi connectivity index (χ1n) is 8.67. The van der Waals surface area contributed by atoms with Crippen molar-refractivity contribution in [1.29, 1.82) is 5.26 Å². The molecule has 1 atom stereocenters. The monoisotopic (exact) mass is 426 g/mol. The van der Waals surface area contributed by atoms with Gasteiger partial charge in [-0.1, -0.05) is 47.5 Å². The summed E-state index contributed by atoms with van der Waals surface area (Å²) in [5.41, 5.74) is 10.7. The van der Waals surface area contributed by atoms with Crippen molar-refractivity contribution in [3.8, 4) is 6.07 Å². The molecule has 3 nitrogen and oxygen atoms in total. The molecule has 4 rings (SSSR count). The van der Waals surface area contributed by atoms with Gasteiger partial charge in [-0.3, -0.25) is 0 Å². The van der Waals surface area contributed by atoms with E-state index < -0.39 is 0 Å². The van der Waals surface area contributed by atoms with Crippen molar-refractivity contribution in [2.75, 3.05) is 11.5 Å². The highest BCUT2D eigenvalue weighted by Crippen LogP contribution is 2.45. The average molecular weight is 427 g/mol. The fourth-order valence-corrected chi connectivity index (χ4v) is 4.75. The smallest absolute Gasteiger partial charge is 0.205 e. The van der Waals surface area contributed by atoms with Crippen LogP contribution in [-0.2, 0) is 4.74 Å². The van der Waals surface area contributed by atoms with Gasteiger partial charge in [-0.15, -0.1) is 0 Å². The Labute approximate surface area is 178 Å². The topological polar surface area (TPSA) is 59.0 Å². The zero-order valence-electron chi connectivity index (χ0n) is 14.8. The van der Waals surface area contributed by atoms with E-state index in [1.165, 1.54) is 0 Å². The van der Waals surface area contributed by atoms with Crippen molar-refractivity contribution in [3.63, 3.8) is 0 Å². The summed E-state index contributed by atoms with van der Waals surface area (Å²) in [6.45, 7) is 0. The van der Waals surface area contributed by atoms with Gasteiger partial charge in [0.25, 0.3) is 0 Å². The molecule has 0 radical (unpaired) electrons. The standard InChI is InChI=1S/C22H16Cl2N2OS/c23-16-5-1-13(2-6-16)9-15-11-28-12-19-20(14-3-7-17(24)8-4-14)18(10-25)22(26)27-21(15)19/h1-9,20H,11-12,26H2/b15-9+. The summed E-state index contributed by atoms with van der Waals surface area (Å²) in [7, 11) is 0. The van der Waals surface area contributed by atoms with Crippen LogP contribution in [0.1, 0.15) is 17.0 Å². The second-order valence-electron chi connectivity index (χ2n) is 6.54. The number of benzene rings is 2. The molecule has 1 unspecified atom stereocenters. The lowest BCUT2D eigenvalue weighted by atomic mass is 9.82. The summed E-state index contributed by atoms with van der Waals surface area (Å²) >= 11 is 13.8. The highest BCUT2D eigenvalue weighted by molar-refractivity contribution is 7.99. The Kier molecular flexibility index (Phi) is 5.41. The van der Waals surface area contributed by atoms with E-state index in [0.717, 1.165) is 39.5 Å². The van der Waals surface area contributed by atoms with Crippen molar-refractivity contribution < 1.29 is 4.74 Å². The largest absolute Gasteiger partial charge is 0.440 e. The summed E-state index contributed by atoms with van der Waals surface area (Å²) in [5.74, 6) is 2.29. The van der Waals surface area contributed by atoms with Gasteiger partial charge >= 0.3 is 0 Å². The van der Waals surface area contributed by atoms with Crippen LogP contribution in [0.5, 0.6) is 0 Å². The SMILES string of the molecule is N#CC1=C(N)OC2=C(CSC/C2=C\c2ccc(Cl)cc2)C1c1ccc(Cl)cc1. The van der Waals surface area contributed by atoms with E-state index in [9.17, 15) is 5.26 Å². The third kappa shape index (κ3) is 3.66. The van der Waals surface area contributed by atoms with Gasteiger partial charge in [-0.25, -0.2) is 0 Å². The molecule has 0 aliphatic carbocycles. The van der Waals surface area contributed by atoms with Crippen LogP contribution in [0.15, 0.2) is 76.9 Å². The van der Waals surface area contributed by atoms with Gasteiger partial charge in [0.2, 0.25) is 5.88 Å². The summed E-state index contributed by atoms with van der Waals surface area (Å²) < 4.78 is 5.96. The maximum absolute atomic E-state index is 9.71. The fourth-order valence-electron chi connectivity index (χ4n) is 3.45. The Morgan fingerprint density at radius 2 is 1.68 bits per heavy atom. The van der Waals surface area contributed by atoms with Crippen molar-refractivity contribution in [1.82, 2.24) is 0 Å². The number of thioether (sulfide) groups is 1. The Balaban J connectivity index is 1.82. The summed E-state index contributed by atoms with van der Waals surface area (Å²) in [6, 6.07) is 17.4. The molecule has 140 valence electrons. The molecular weight excluding hydrogens is 411 g/mol. The molecule has 2 aromatic carbocycles. The molecule has 0 fully saturated rings. The van der Waals surface area contributed by atoms with Crippen molar-refractivity contribution >= 4 is 41.0 Å². The number of halogens is 2. The number of ether oxygens (including phenoxy) is 1. The van der Waals surface area contributed by atoms with Gasteiger partial charge in [0.05, 0.1) is 5.92 Å². The minimum Gasteiger partial charge on any atom is -0.440 e. The Morgan fingerprint density at radius 3 is 2.32 bits per heavy atom. The van der Waals surface area contributed by atoms with Crippen molar-refractivity contribution in [3.05, 3.63) is 98.1 Å². The predicted molar refractivity (Wildman–Crippen MR) is 116 cm³/mol. The van der Waals surface area contributed by atoms with Gasteiger partial charge in [0, 0.05) is 27.1 Å². The van der Waals surface area contributed by atoms with Crippen LogP contribution >= 0.6 is 35.0 Å². The molecule has 28 heavy (non-hydrogen) atoms. The number of nitriles is 1. The summed E-state index contributed by atoms with van der Waals surface area (Å²) in [6.07, 6.45) is 2.08. The van der Waals surface area contributed by atoms with Crippen LogP contribution in [0.4, 0.5) is 0 Å². The van der Waals surface area contributed by atoms with E-state index in [2.05, 4.69) is 12.1 Å². The number of nitrogens with two attached hydrogens (primary N) is 1. The predicted octanol–water partition coefficient (Wildman–Crippen LogP) is 5.89. The second-order valence-corrected chi connectivity index (χ2v) is 8.40. The van der Waals surface area contributed by atoms with E-state index in [1.807, 2.05) is 48.5 Å². The first-order chi connectivity index (χ1) is 13.6. The maximum atomic E-state index is 9.71. The second kappa shape index (κ2) is 7.97. The van der Waals surface area contributed by atoms with E-state index in [-0.39, 0.29) is 11.8 Å². The van der Waals surface area contributed by atoms with Gasteiger partial charge in [0.15, 0.2) is 0 Å². The van der Waals surface area contributed by atoms with E-state index in [4.69, 9.17) is 33.7 Å². The molecule has 0 saturated heterocycles. The number of nitrogens with zero attached hydrogens (tertiary/aromatic N) is 1. The Morgan fingerprint density at radius 1 is 1.04 bits per heavy atom. The first-order valence-corrected chi connectivity index (χ1v) is 10.6. The van der Waals surface area contributed by atoms with Crippen LogP contribution in [0.25, 0.3) is 6.08 Å². The van der Waals surface area contributed by atoms with E-state index >= 15 is 0 Å². The van der Waals surface area contributed by atoms with Crippen LogP contribution < -0.4 is 5.73 Å². The summed E-state index contributed by atoms with van der Waals surface area (Å²) in [4.78, 5) is 0. The lowest BCUT2D eigenvalue weighted by Gasteiger charge is -2.33. The molecule has 0 saturated carbocycles. The van der Waals surface area contributed by atoms with E-state index in [0.29, 0.717) is 15.6 Å². The lowest BCUT2D eigenvalue weighted by molar-refractivity contribution is 0.288. The van der Waals surface area contributed by atoms with Gasteiger partial charge < -0.3 is 10.5 Å². The number of hydrogen-bond donors (Lipinski definition) is 1. The highest BCUT2D eigenvalue weighted by Gasteiger charge is 2.35. The Hall–Kier alpha value is -2.32. The van der Waals surface area contributed by atoms with Gasteiger partial charge in [-0.2, -0.15) is 17.0 Å². The molecule has 6 heteroatoms. The van der Waals surface area contributed by atoms with E-state index in [1.54, 1.807) is 11.8 Å². The molecule has 0 bridgehead atoms. The molecular formula is C22H16Cl2N2OS. The maximum Gasteiger partial charge on any atom is 0.205 e. The molecule has 0 aromatic heterocycles. The van der Waals surface area contributed by atoms with Crippen molar-refractivity contribution in [2.45, 2.75) is 5.92 Å². The molecule has 2 N–H and O–H groups in total. The number of rotatable bonds is 2. The quantitative estimate of drug-likeness (QED) is 0.650. The minimum atomic E-state index is -0.229. The van der Waals surface area contributed by atoms with Gasteiger partial charge in [-0.05, 0) is 47.0 Å². The average Bonchev–Trinajstić information content (AvgIpc) is 2.70.